The molecule has 3 N–H and O–H groups in total. The summed E-state index contributed by atoms with van der Waals surface area (Å²) in [5, 5.41) is 3.14. The van der Waals surface area contributed by atoms with E-state index >= 15 is 0 Å². The van der Waals surface area contributed by atoms with Crippen molar-refractivity contribution in [2.45, 2.75) is 32.7 Å². The zero-order valence-electron chi connectivity index (χ0n) is 10.4. The van der Waals surface area contributed by atoms with Gasteiger partial charge in [-0.25, -0.2) is 9.97 Å². The molecular formula is C11H18N4O2. The molecule has 6 heteroatoms. The average molecular weight is 238 g/mol. The molecule has 1 heterocycles. The summed E-state index contributed by atoms with van der Waals surface area (Å²) < 4.78 is 4.60. The normalized spacial score (nSPS) is 11.9. The molecule has 0 spiro atoms. The molecule has 0 aliphatic carbocycles. The maximum absolute atomic E-state index is 11.1. The van der Waals surface area contributed by atoms with Gasteiger partial charge >= 0.3 is 5.97 Å². The van der Waals surface area contributed by atoms with E-state index in [0.29, 0.717) is 11.6 Å². The Hall–Kier alpha value is -1.85. The number of nitrogens with zero attached hydrogens (tertiary/aromatic N) is 2. The highest BCUT2D eigenvalue weighted by Gasteiger charge is 2.13. The Kier molecular flexibility index (Phi) is 4.68. The van der Waals surface area contributed by atoms with Gasteiger partial charge in [-0.05, 0) is 13.3 Å². The summed E-state index contributed by atoms with van der Waals surface area (Å²) in [6.45, 7) is 3.86. The number of hydrogen-bond acceptors (Lipinski definition) is 6. The number of nitrogens with one attached hydrogen (secondary N) is 1. The molecule has 1 aromatic rings. The fraction of sp³-hybridized carbons (Fsp3) is 0.545. The summed E-state index contributed by atoms with van der Waals surface area (Å²) in [5.74, 6) is 0.886. The van der Waals surface area contributed by atoms with Crippen molar-refractivity contribution in [2.75, 3.05) is 18.2 Å². The van der Waals surface area contributed by atoms with Crippen LogP contribution in [0.2, 0.25) is 0 Å². The number of ether oxygens (including phenoxy) is 1. The topological polar surface area (TPSA) is 90.1 Å². The van der Waals surface area contributed by atoms with Crippen LogP contribution in [0.5, 0.6) is 0 Å². The van der Waals surface area contributed by atoms with Crippen molar-refractivity contribution in [3.05, 3.63) is 11.9 Å². The standard InChI is InChI=1S/C11H18N4O2/c1-4-8-10(12)13-6-14-11(8)15-7(2)5-9(16)17-3/h6-7H,4-5H2,1-3H3,(H3,12,13,14,15). The van der Waals surface area contributed by atoms with Crippen LogP contribution in [0.25, 0.3) is 0 Å². The summed E-state index contributed by atoms with van der Waals surface area (Å²) in [4.78, 5) is 19.2. The van der Waals surface area contributed by atoms with E-state index < -0.39 is 0 Å². The Morgan fingerprint density at radius 3 is 2.88 bits per heavy atom. The molecule has 0 saturated carbocycles. The van der Waals surface area contributed by atoms with Gasteiger partial charge in [-0.3, -0.25) is 4.79 Å². The number of nitrogens with two attached hydrogens (primary N) is 1. The smallest absolute Gasteiger partial charge is 0.307 e. The molecule has 0 aromatic carbocycles. The van der Waals surface area contributed by atoms with E-state index in [1.54, 1.807) is 0 Å². The molecule has 0 aliphatic heterocycles. The second-order valence-corrected chi connectivity index (χ2v) is 3.77. The Morgan fingerprint density at radius 2 is 2.29 bits per heavy atom. The third-order valence-corrected chi connectivity index (χ3v) is 2.42. The molecule has 17 heavy (non-hydrogen) atoms. The Morgan fingerprint density at radius 1 is 1.59 bits per heavy atom. The van der Waals surface area contributed by atoms with Crippen LogP contribution in [0.15, 0.2) is 6.33 Å². The average Bonchev–Trinajstić information content (AvgIpc) is 2.29. The van der Waals surface area contributed by atoms with Gasteiger partial charge in [0.25, 0.3) is 0 Å². The highest BCUT2D eigenvalue weighted by molar-refractivity contribution is 5.70. The SMILES string of the molecule is CCc1c(N)ncnc1NC(C)CC(=O)OC. The predicted octanol–water partition coefficient (Wildman–Crippen LogP) is 0.985. The van der Waals surface area contributed by atoms with Gasteiger partial charge in [-0.1, -0.05) is 6.92 Å². The van der Waals surface area contributed by atoms with Crippen LogP contribution in [-0.4, -0.2) is 29.1 Å². The fourth-order valence-electron chi connectivity index (χ4n) is 1.52. The largest absolute Gasteiger partial charge is 0.469 e. The van der Waals surface area contributed by atoms with E-state index in [4.69, 9.17) is 5.73 Å². The predicted molar refractivity (Wildman–Crippen MR) is 65.5 cm³/mol. The molecule has 0 fully saturated rings. The van der Waals surface area contributed by atoms with Gasteiger partial charge in [0.05, 0.1) is 13.5 Å². The zero-order chi connectivity index (χ0) is 12.8. The monoisotopic (exact) mass is 238 g/mol. The third kappa shape index (κ3) is 3.58. The number of esters is 1. The first-order chi connectivity index (χ1) is 8.08. The van der Waals surface area contributed by atoms with Crippen molar-refractivity contribution in [1.82, 2.24) is 9.97 Å². The quantitative estimate of drug-likeness (QED) is 0.743. The second-order valence-electron chi connectivity index (χ2n) is 3.77. The molecule has 1 rings (SSSR count). The summed E-state index contributed by atoms with van der Waals surface area (Å²) in [7, 11) is 1.37. The molecule has 0 aliphatic rings. The van der Waals surface area contributed by atoms with Crippen molar-refractivity contribution in [1.29, 1.82) is 0 Å². The molecule has 0 amide bonds. The minimum atomic E-state index is -0.259. The summed E-state index contributed by atoms with van der Waals surface area (Å²) in [5.41, 5.74) is 6.62. The maximum atomic E-state index is 11.1. The first-order valence-electron chi connectivity index (χ1n) is 5.51. The lowest BCUT2D eigenvalue weighted by molar-refractivity contribution is -0.140. The molecular weight excluding hydrogens is 220 g/mol. The maximum Gasteiger partial charge on any atom is 0.307 e. The van der Waals surface area contributed by atoms with E-state index in [1.165, 1.54) is 13.4 Å². The molecule has 6 nitrogen and oxygen atoms in total. The van der Waals surface area contributed by atoms with Crippen LogP contribution in [0.1, 0.15) is 25.8 Å². The molecule has 0 saturated heterocycles. The van der Waals surface area contributed by atoms with Crippen LogP contribution in [0, 0.1) is 0 Å². The molecule has 1 aromatic heterocycles. The molecule has 0 radical (unpaired) electrons. The summed E-state index contributed by atoms with van der Waals surface area (Å²) in [6.07, 6.45) is 2.42. The van der Waals surface area contributed by atoms with Gasteiger partial charge in [0.1, 0.15) is 18.0 Å². The van der Waals surface area contributed by atoms with E-state index in [9.17, 15) is 4.79 Å². The number of rotatable bonds is 5. The summed E-state index contributed by atoms with van der Waals surface area (Å²) in [6, 6.07) is -0.0675. The number of carbonyl (C=O) groups is 1. The number of nitrogen functional groups attached to an aromatic ring is 1. The highest BCUT2D eigenvalue weighted by Crippen LogP contribution is 2.18. The number of carbonyl (C=O) groups excluding carboxylic acids is 1. The van der Waals surface area contributed by atoms with Gasteiger partial charge < -0.3 is 15.8 Å². The van der Waals surface area contributed by atoms with Crippen molar-refractivity contribution in [3.8, 4) is 0 Å². The van der Waals surface area contributed by atoms with Crippen LogP contribution >= 0.6 is 0 Å². The van der Waals surface area contributed by atoms with Crippen LogP contribution in [-0.2, 0) is 16.0 Å². The first kappa shape index (κ1) is 13.2. The molecule has 1 unspecified atom stereocenters. The molecule has 94 valence electrons. The van der Waals surface area contributed by atoms with Gasteiger partial charge in [-0.2, -0.15) is 0 Å². The number of anilines is 2. The Bertz CT molecular complexity index is 395. The van der Waals surface area contributed by atoms with Crippen LogP contribution < -0.4 is 11.1 Å². The Labute approximate surface area is 101 Å². The van der Waals surface area contributed by atoms with Gasteiger partial charge in [0.2, 0.25) is 0 Å². The van der Waals surface area contributed by atoms with Crippen molar-refractivity contribution >= 4 is 17.6 Å². The molecule has 1 atom stereocenters. The lowest BCUT2D eigenvalue weighted by Crippen LogP contribution is -2.22. The van der Waals surface area contributed by atoms with Crippen LogP contribution in [0.4, 0.5) is 11.6 Å². The fourth-order valence-corrected chi connectivity index (χ4v) is 1.52. The van der Waals surface area contributed by atoms with Crippen molar-refractivity contribution < 1.29 is 9.53 Å². The first-order valence-corrected chi connectivity index (χ1v) is 5.51. The van der Waals surface area contributed by atoms with E-state index in [-0.39, 0.29) is 18.4 Å². The van der Waals surface area contributed by atoms with E-state index in [1.807, 2.05) is 13.8 Å². The lowest BCUT2D eigenvalue weighted by atomic mass is 10.2. The lowest BCUT2D eigenvalue weighted by Gasteiger charge is -2.16. The number of methoxy groups -OCH3 is 1. The van der Waals surface area contributed by atoms with E-state index in [0.717, 1.165) is 12.0 Å². The number of hydrogen-bond donors (Lipinski definition) is 2. The summed E-state index contributed by atoms with van der Waals surface area (Å²) >= 11 is 0. The Balaban J connectivity index is 2.74. The van der Waals surface area contributed by atoms with Gasteiger partial charge in [0.15, 0.2) is 0 Å². The van der Waals surface area contributed by atoms with Gasteiger partial charge in [0, 0.05) is 11.6 Å². The van der Waals surface area contributed by atoms with Crippen molar-refractivity contribution in [2.24, 2.45) is 0 Å². The van der Waals surface area contributed by atoms with Crippen molar-refractivity contribution in [3.63, 3.8) is 0 Å². The van der Waals surface area contributed by atoms with E-state index in [2.05, 4.69) is 20.0 Å². The highest BCUT2D eigenvalue weighted by atomic mass is 16.5. The minimum Gasteiger partial charge on any atom is -0.469 e. The zero-order valence-corrected chi connectivity index (χ0v) is 10.4. The minimum absolute atomic E-state index is 0.0675. The van der Waals surface area contributed by atoms with Crippen LogP contribution in [0.3, 0.4) is 0 Å². The number of aromatic nitrogens is 2. The van der Waals surface area contributed by atoms with Gasteiger partial charge in [-0.15, -0.1) is 0 Å². The third-order valence-electron chi connectivity index (χ3n) is 2.42. The molecule has 0 bridgehead atoms. The second kappa shape index (κ2) is 6.03.